The number of carboxylic acid groups (broad SMARTS) is 1. The van der Waals surface area contributed by atoms with Gasteiger partial charge in [0.25, 0.3) is 0 Å². The smallest absolute Gasteiger partial charge is 0.490 e. The summed E-state index contributed by atoms with van der Waals surface area (Å²) in [4.78, 5) is 11.5. The molecule has 0 radical (unpaired) electrons. The molecule has 5 nitrogen and oxygen atoms in total. The lowest BCUT2D eigenvalue weighted by Crippen LogP contribution is -2.49. The maximum Gasteiger partial charge on any atom is 0.490 e. The van der Waals surface area contributed by atoms with Gasteiger partial charge in [-0.3, -0.25) is 4.90 Å². The monoisotopic (exact) mass is 403 g/mol. The highest BCUT2D eigenvalue weighted by Crippen LogP contribution is 2.50. The number of alkyl halides is 3. The van der Waals surface area contributed by atoms with Crippen LogP contribution in [0.2, 0.25) is 0 Å². The normalized spacial score (nSPS) is 19.5. The number of hydrogen-bond acceptors (Lipinski definition) is 4. The third-order valence-corrected chi connectivity index (χ3v) is 5.45. The van der Waals surface area contributed by atoms with Crippen LogP contribution in [-0.2, 0) is 16.1 Å². The van der Waals surface area contributed by atoms with Crippen molar-refractivity contribution in [2.24, 2.45) is 5.41 Å². The van der Waals surface area contributed by atoms with E-state index in [1.54, 1.807) is 7.11 Å². The van der Waals surface area contributed by atoms with Crippen molar-refractivity contribution in [1.29, 1.82) is 0 Å². The van der Waals surface area contributed by atoms with Crippen molar-refractivity contribution in [3.05, 3.63) is 29.8 Å². The van der Waals surface area contributed by atoms with Crippen molar-refractivity contribution in [1.82, 2.24) is 4.90 Å². The van der Waals surface area contributed by atoms with Crippen molar-refractivity contribution >= 4 is 5.97 Å². The Balaban J connectivity index is 0.000000345. The quantitative estimate of drug-likeness (QED) is 0.802. The molecule has 0 atom stereocenters. The van der Waals surface area contributed by atoms with E-state index in [0.717, 1.165) is 18.9 Å². The average Bonchev–Trinajstić information content (AvgIpc) is 2.62. The summed E-state index contributed by atoms with van der Waals surface area (Å²) in [5.41, 5.74) is 1.99. The van der Waals surface area contributed by atoms with Crippen molar-refractivity contribution in [3.63, 3.8) is 0 Å². The molecule has 1 aromatic rings. The predicted molar refractivity (Wildman–Crippen MR) is 98.3 cm³/mol. The van der Waals surface area contributed by atoms with Crippen molar-refractivity contribution in [2.45, 2.75) is 51.4 Å². The standard InChI is InChI=1S/C18H27NO2.C2HF3O2/c1-3-21-17-12-18(13-17)8-10-19(11-9-18)14-15-4-6-16(20-2)7-5-15;3-2(4,5)1(6)7/h4-7,17H,3,8-14H2,1-2H3;(H,6,7). The SMILES string of the molecule is CCOC1CC2(CCN(Cc3ccc(OC)cc3)CC2)C1.O=C(O)C(F)(F)F. The van der Waals surface area contributed by atoms with E-state index in [0.29, 0.717) is 11.5 Å². The number of rotatable bonds is 5. The zero-order valence-corrected chi connectivity index (χ0v) is 16.3. The van der Waals surface area contributed by atoms with Crippen LogP contribution >= 0.6 is 0 Å². The van der Waals surface area contributed by atoms with Gasteiger partial charge in [-0.25, -0.2) is 4.79 Å². The lowest BCUT2D eigenvalue weighted by molar-refractivity contribution is -0.192. The number of methoxy groups -OCH3 is 1. The second-order valence-electron chi connectivity index (χ2n) is 7.41. The summed E-state index contributed by atoms with van der Waals surface area (Å²) < 4.78 is 42.7. The first-order chi connectivity index (χ1) is 13.2. The molecule has 1 saturated carbocycles. The molecule has 0 amide bonds. The molecule has 0 bridgehead atoms. The van der Waals surface area contributed by atoms with E-state index in [9.17, 15) is 13.2 Å². The topological polar surface area (TPSA) is 59.0 Å². The minimum atomic E-state index is -5.08. The first kappa shape index (κ1) is 22.5. The summed E-state index contributed by atoms with van der Waals surface area (Å²) in [7, 11) is 1.72. The molecule has 0 aromatic heterocycles. The van der Waals surface area contributed by atoms with E-state index < -0.39 is 12.1 Å². The first-order valence-corrected chi connectivity index (χ1v) is 9.44. The fourth-order valence-corrected chi connectivity index (χ4v) is 3.84. The third kappa shape index (κ3) is 6.38. The zero-order valence-electron chi connectivity index (χ0n) is 16.3. The van der Waals surface area contributed by atoms with Gasteiger partial charge in [-0.15, -0.1) is 0 Å². The Morgan fingerprint density at radius 2 is 1.75 bits per heavy atom. The van der Waals surface area contributed by atoms with E-state index in [1.807, 2.05) is 0 Å². The van der Waals surface area contributed by atoms with E-state index >= 15 is 0 Å². The van der Waals surface area contributed by atoms with Crippen LogP contribution in [0, 0.1) is 5.41 Å². The molecule has 1 aromatic carbocycles. The average molecular weight is 403 g/mol. The molecule has 1 aliphatic carbocycles. The fourth-order valence-electron chi connectivity index (χ4n) is 3.84. The number of halogens is 3. The minimum Gasteiger partial charge on any atom is -0.497 e. The third-order valence-electron chi connectivity index (χ3n) is 5.45. The Morgan fingerprint density at radius 3 is 2.18 bits per heavy atom. The Labute approximate surface area is 163 Å². The second kappa shape index (κ2) is 9.60. The molecular formula is C20H28F3NO4. The summed E-state index contributed by atoms with van der Waals surface area (Å²) in [6, 6.07) is 8.47. The van der Waals surface area contributed by atoms with Gasteiger partial charge in [0.05, 0.1) is 13.2 Å². The van der Waals surface area contributed by atoms with Gasteiger partial charge in [-0.1, -0.05) is 12.1 Å². The molecule has 1 spiro atoms. The summed E-state index contributed by atoms with van der Waals surface area (Å²) >= 11 is 0. The van der Waals surface area contributed by atoms with Gasteiger partial charge in [-0.05, 0) is 68.8 Å². The van der Waals surface area contributed by atoms with Crippen LogP contribution in [0.1, 0.15) is 38.2 Å². The Bertz CT molecular complexity index is 617. The minimum absolute atomic E-state index is 0.545. The molecule has 1 saturated heterocycles. The van der Waals surface area contributed by atoms with Gasteiger partial charge >= 0.3 is 12.1 Å². The molecule has 1 heterocycles. The number of ether oxygens (including phenoxy) is 2. The molecule has 2 fully saturated rings. The molecule has 1 N–H and O–H groups in total. The highest BCUT2D eigenvalue weighted by molar-refractivity contribution is 5.73. The Morgan fingerprint density at radius 1 is 1.21 bits per heavy atom. The van der Waals surface area contributed by atoms with Gasteiger partial charge in [-0.2, -0.15) is 13.2 Å². The maximum absolute atomic E-state index is 10.6. The van der Waals surface area contributed by atoms with Gasteiger partial charge in [0.1, 0.15) is 5.75 Å². The van der Waals surface area contributed by atoms with E-state index in [-0.39, 0.29) is 0 Å². The summed E-state index contributed by atoms with van der Waals surface area (Å²) in [6.45, 7) is 6.48. The molecule has 3 rings (SSSR count). The molecule has 2 aliphatic rings. The number of hydrogen-bond donors (Lipinski definition) is 1. The van der Waals surface area contributed by atoms with E-state index in [1.165, 1.54) is 44.3 Å². The number of carbonyl (C=O) groups is 1. The van der Waals surface area contributed by atoms with Crippen molar-refractivity contribution in [3.8, 4) is 5.75 Å². The fraction of sp³-hybridized carbons (Fsp3) is 0.650. The van der Waals surface area contributed by atoms with Gasteiger partial charge in [0, 0.05) is 13.2 Å². The van der Waals surface area contributed by atoms with Crippen LogP contribution < -0.4 is 4.74 Å². The predicted octanol–water partition coefficient (Wildman–Crippen LogP) is 4.11. The Kier molecular flexibility index (Phi) is 7.71. The Hall–Kier alpha value is -1.80. The lowest BCUT2D eigenvalue weighted by atomic mass is 9.61. The largest absolute Gasteiger partial charge is 0.497 e. The van der Waals surface area contributed by atoms with Crippen LogP contribution in [0.4, 0.5) is 13.2 Å². The summed E-state index contributed by atoms with van der Waals surface area (Å²) in [6.07, 6.45) is 0.719. The number of piperidine rings is 1. The van der Waals surface area contributed by atoms with Crippen molar-refractivity contribution in [2.75, 3.05) is 26.8 Å². The lowest BCUT2D eigenvalue weighted by Gasteiger charge is -2.52. The molecular weight excluding hydrogens is 375 g/mol. The van der Waals surface area contributed by atoms with E-state index in [4.69, 9.17) is 19.4 Å². The van der Waals surface area contributed by atoms with E-state index in [2.05, 4.69) is 36.1 Å². The van der Waals surface area contributed by atoms with Crippen LogP contribution in [0.5, 0.6) is 5.75 Å². The maximum atomic E-state index is 10.6. The highest BCUT2D eigenvalue weighted by atomic mass is 19.4. The first-order valence-electron chi connectivity index (χ1n) is 9.44. The van der Waals surface area contributed by atoms with Crippen LogP contribution in [0.3, 0.4) is 0 Å². The molecule has 28 heavy (non-hydrogen) atoms. The molecule has 0 unspecified atom stereocenters. The van der Waals surface area contributed by atoms with Gasteiger partial charge in [0.2, 0.25) is 0 Å². The van der Waals surface area contributed by atoms with Crippen LogP contribution in [0.25, 0.3) is 0 Å². The van der Waals surface area contributed by atoms with Crippen LogP contribution in [-0.4, -0.2) is 55.1 Å². The highest BCUT2D eigenvalue weighted by Gasteiger charge is 2.46. The van der Waals surface area contributed by atoms with Crippen LogP contribution in [0.15, 0.2) is 24.3 Å². The number of carboxylic acids is 1. The molecule has 158 valence electrons. The second-order valence-corrected chi connectivity index (χ2v) is 7.41. The van der Waals surface area contributed by atoms with Crippen molar-refractivity contribution < 1.29 is 32.5 Å². The van der Waals surface area contributed by atoms with Gasteiger partial charge < -0.3 is 14.6 Å². The number of aliphatic carboxylic acids is 1. The number of likely N-dealkylation sites (tertiary alicyclic amines) is 1. The number of nitrogens with zero attached hydrogens (tertiary/aromatic N) is 1. The number of benzene rings is 1. The van der Waals surface area contributed by atoms with Gasteiger partial charge in [0.15, 0.2) is 0 Å². The zero-order chi connectivity index (χ0) is 20.8. The summed E-state index contributed by atoms with van der Waals surface area (Å²) in [5, 5.41) is 7.12. The molecule has 1 aliphatic heterocycles. The molecule has 8 heteroatoms. The summed E-state index contributed by atoms with van der Waals surface area (Å²) in [5.74, 6) is -1.82.